The largest absolute Gasteiger partial charge is 0.379 e. The van der Waals surface area contributed by atoms with Gasteiger partial charge in [-0.15, -0.1) is 0 Å². The lowest BCUT2D eigenvalue weighted by Gasteiger charge is -2.26. The highest BCUT2D eigenvalue weighted by atomic mass is 32.2. The molecular formula is C9H16N2OS. The molecule has 0 aromatic heterocycles. The first-order chi connectivity index (χ1) is 6.43. The summed E-state index contributed by atoms with van der Waals surface area (Å²) < 4.78 is 5.25. The van der Waals surface area contributed by atoms with E-state index in [0.29, 0.717) is 6.42 Å². The normalized spacial score (nSPS) is 18.4. The average Bonchev–Trinajstić information content (AvgIpc) is 2.19. The van der Waals surface area contributed by atoms with E-state index in [1.165, 1.54) is 0 Å². The maximum Gasteiger partial charge on any atom is 0.0630 e. The second-order valence-electron chi connectivity index (χ2n) is 2.97. The Morgan fingerprint density at radius 2 is 2.08 bits per heavy atom. The fourth-order valence-corrected chi connectivity index (χ4v) is 2.07. The first kappa shape index (κ1) is 10.8. The molecule has 1 rings (SSSR count). The van der Waals surface area contributed by atoms with Crippen molar-refractivity contribution in [3.05, 3.63) is 0 Å². The lowest BCUT2D eigenvalue weighted by Crippen LogP contribution is -2.37. The summed E-state index contributed by atoms with van der Waals surface area (Å²) in [4.78, 5) is 2.42. The Balaban J connectivity index is 1.90. The number of thioether (sulfide) groups is 1. The molecule has 4 heteroatoms. The van der Waals surface area contributed by atoms with Crippen LogP contribution in [0.4, 0.5) is 0 Å². The molecular weight excluding hydrogens is 184 g/mol. The summed E-state index contributed by atoms with van der Waals surface area (Å²) in [7, 11) is 0. The van der Waals surface area contributed by atoms with E-state index in [-0.39, 0.29) is 0 Å². The van der Waals surface area contributed by atoms with E-state index in [4.69, 9.17) is 10.00 Å². The van der Waals surface area contributed by atoms with Gasteiger partial charge >= 0.3 is 0 Å². The minimum atomic E-state index is 0.674. The second-order valence-corrected chi connectivity index (χ2v) is 4.20. The van der Waals surface area contributed by atoms with Crippen molar-refractivity contribution in [2.24, 2.45) is 0 Å². The zero-order valence-corrected chi connectivity index (χ0v) is 8.68. The van der Waals surface area contributed by atoms with E-state index < -0.39 is 0 Å². The molecule has 1 saturated heterocycles. The molecule has 0 radical (unpaired) electrons. The zero-order valence-electron chi connectivity index (χ0n) is 7.87. The maximum absolute atomic E-state index is 8.32. The molecule has 0 bridgehead atoms. The molecule has 3 nitrogen and oxygen atoms in total. The Labute approximate surface area is 84.0 Å². The van der Waals surface area contributed by atoms with Gasteiger partial charge in [-0.25, -0.2) is 0 Å². The molecule has 1 aliphatic rings. The summed E-state index contributed by atoms with van der Waals surface area (Å²) in [5.41, 5.74) is 0. The molecule has 1 aliphatic heterocycles. The van der Waals surface area contributed by atoms with Crippen molar-refractivity contribution >= 4 is 11.8 Å². The summed E-state index contributed by atoms with van der Waals surface area (Å²) in [6.45, 7) is 5.03. The Kier molecular flexibility index (Phi) is 6.00. The van der Waals surface area contributed by atoms with Crippen molar-refractivity contribution in [3.63, 3.8) is 0 Å². The number of hydrogen-bond acceptors (Lipinski definition) is 4. The minimum Gasteiger partial charge on any atom is -0.379 e. The van der Waals surface area contributed by atoms with Gasteiger partial charge in [0.15, 0.2) is 0 Å². The Morgan fingerprint density at radius 3 is 2.77 bits per heavy atom. The fraction of sp³-hybridized carbons (Fsp3) is 0.889. The van der Waals surface area contributed by atoms with Crippen LogP contribution in [0.2, 0.25) is 0 Å². The minimum absolute atomic E-state index is 0.674. The summed E-state index contributed by atoms with van der Waals surface area (Å²) in [6, 6.07) is 2.15. The maximum atomic E-state index is 8.32. The smallest absolute Gasteiger partial charge is 0.0630 e. The number of rotatable bonds is 5. The molecule has 0 spiro atoms. The predicted molar refractivity (Wildman–Crippen MR) is 54.8 cm³/mol. The lowest BCUT2D eigenvalue weighted by molar-refractivity contribution is 0.0410. The second kappa shape index (κ2) is 7.19. The fourth-order valence-electron chi connectivity index (χ4n) is 1.24. The van der Waals surface area contributed by atoms with Crippen LogP contribution in [0.25, 0.3) is 0 Å². The molecule has 0 aliphatic carbocycles. The number of hydrogen-bond donors (Lipinski definition) is 0. The first-order valence-electron chi connectivity index (χ1n) is 4.68. The van der Waals surface area contributed by atoms with Crippen LogP contribution in [0.15, 0.2) is 0 Å². The number of nitriles is 1. The third kappa shape index (κ3) is 5.14. The van der Waals surface area contributed by atoms with Crippen LogP contribution in [0.5, 0.6) is 0 Å². The summed E-state index contributed by atoms with van der Waals surface area (Å²) in [6.07, 6.45) is 0.674. The van der Waals surface area contributed by atoms with Crippen LogP contribution in [0.3, 0.4) is 0 Å². The van der Waals surface area contributed by atoms with Gasteiger partial charge < -0.3 is 4.74 Å². The molecule has 0 atom stereocenters. The summed E-state index contributed by atoms with van der Waals surface area (Å²) >= 11 is 1.87. The topological polar surface area (TPSA) is 36.3 Å². The van der Waals surface area contributed by atoms with Gasteiger partial charge in [0, 0.05) is 37.6 Å². The standard InChI is InChI=1S/C9H16N2OS/c10-2-1-8-13-9-5-11-3-6-12-7-4-11/h1,3-9H2. The van der Waals surface area contributed by atoms with E-state index in [1.54, 1.807) is 0 Å². The van der Waals surface area contributed by atoms with Gasteiger partial charge in [0.2, 0.25) is 0 Å². The molecule has 13 heavy (non-hydrogen) atoms. The van der Waals surface area contributed by atoms with Gasteiger partial charge in [-0.3, -0.25) is 4.90 Å². The molecule has 0 aromatic rings. The predicted octanol–water partition coefficient (Wildman–Crippen LogP) is 0.965. The van der Waals surface area contributed by atoms with Gasteiger partial charge in [0.05, 0.1) is 19.3 Å². The first-order valence-corrected chi connectivity index (χ1v) is 5.84. The quantitative estimate of drug-likeness (QED) is 0.619. The van der Waals surface area contributed by atoms with E-state index in [1.807, 2.05) is 11.8 Å². The average molecular weight is 200 g/mol. The van der Waals surface area contributed by atoms with E-state index >= 15 is 0 Å². The van der Waals surface area contributed by atoms with Crippen LogP contribution < -0.4 is 0 Å². The van der Waals surface area contributed by atoms with Crippen molar-refractivity contribution in [1.82, 2.24) is 4.90 Å². The SMILES string of the molecule is N#CCCSCCN1CCOCC1. The third-order valence-electron chi connectivity index (χ3n) is 2.01. The molecule has 0 N–H and O–H groups in total. The summed E-state index contributed by atoms with van der Waals surface area (Å²) in [5.74, 6) is 2.11. The molecule has 0 aromatic carbocycles. The number of morpholine rings is 1. The van der Waals surface area contributed by atoms with Crippen molar-refractivity contribution in [1.29, 1.82) is 5.26 Å². The molecule has 1 fully saturated rings. The van der Waals surface area contributed by atoms with Crippen molar-refractivity contribution < 1.29 is 4.74 Å². The molecule has 74 valence electrons. The zero-order chi connectivity index (χ0) is 9.36. The van der Waals surface area contributed by atoms with Crippen LogP contribution in [-0.4, -0.2) is 49.3 Å². The van der Waals surface area contributed by atoms with Crippen LogP contribution >= 0.6 is 11.8 Å². The monoisotopic (exact) mass is 200 g/mol. The van der Waals surface area contributed by atoms with Gasteiger partial charge in [0.25, 0.3) is 0 Å². The van der Waals surface area contributed by atoms with Gasteiger partial charge in [-0.05, 0) is 0 Å². The highest BCUT2D eigenvalue weighted by Crippen LogP contribution is 2.04. The van der Waals surface area contributed by atoms with Crippen LogP contribution in [0, 0.1) is 11.3 Å². The molecule has 0 unspecified atom stereocenters. The van der Waals surface area contributed by atoms with Gasteiger partial charge in [0.1, 0.15) is 0 Å². The molecule has 0 saturated carbocycles. The third-order valence-corrected chi connectivity index (χ3v) is 2.98. The number of nitrogens with zero attached hydrogens (tertiary/aromatic N) is 2. The Bertz CT molecular complexity index is 163. The van der Waals surface area contributed by atoms with Gasteiger partial charge in [-0.2, -0.15) is 17.0 Å². The van der Waals surface area contributed by atoms with Crippen molar-refractivity contribution in [3.8, 4) is 6.07 Å². The number of ether oxygens (including phenoxy) is 1. The van der Waals surface area contributed by atoms with Crippen molar-refractivity contribution in [2.45, 2.75) is 6.42 Å². The van der Waals surface area contributed by atoms with Crippen molar-refractivity contribution in [2.75, 3.05) is 44.4 Å². The highest BCUT2D eigenvalue weighted by molar-refractivity contribution is 7.99. The Hall–Kier alpha value is -0.240. The highest BCUT2D eigenvalue weighted by Gasteiger charge is 2.08. The molecule has 0 amide bonds. The van der Waals surface area contributed by atoms with E-state index in [0.717, 1.165) is 44.4 Å². The summed E-state index contributed by atoms with van der Waals surface area (Å²) in [5, 5.41) is 8.32. The van der Waals surface area contributed by atoms with Gasteiger partial charge in [-0.1, -0.05) is 0 Å². The van der Waals surface area contributed by atoms with Crippen LogP contribution in [0.1, 0.15) is 6.42 Å². The Morgan fingerprint density at radius 1 is 1.31 bits per heavy atom. The lowest BCUT2D eigenvalue weighted by atomic mass is 10.4. The molecule has 1 heterocycles. The van der Waals surface area contributed by atoms with E-state index in [2.05, 4.69) is 11.0 Å². The van der Waals surface area contributed by atoms with Crippen LogP contribution in [-0.2, 0) is 4.74 Å². The van der Waals surface area contributed by atoms with E-state index in [9.17, 15) is 0 Å².